The Balaban J connectivity index is 1.58. The Kier molecular flexibility index (Phi) is 5.81. The standard InChI is InChI=1S/C19H20F3NO4S2/c1-13-3-2-4-17(9-13)28(24,25)18-10-14(11-18)12-23-29(26,27)16-7-5-15(6-8-16)19(20,21)22/h2-9,14,18,23H,10-12H2,1H3. The van der Waals surface area contributed by atoms with Crippen LogP contribution in [-0.2, 0) is 26.0 Å². The van der Waals surface area contributed by atoms with E-state index < -0.39 is 36.9 Å². The number of hydrogen-bond donors (Lipinski definition) is 1. The molecule has 10 heteroatoms. The van der Waals surface area contributed by atoms with Gasteiger partial charge in [0.15, 0.2) is 9.84 Å². The van der Waals surface area contributed by atoms with Gasteiger partial charge in [-0.15, -0.1) is 0 Å². The van der Waals surface area contributed by atoms with Gasteiger partial charge < -0.3 is 0 Å². The fourth-order valence-electron chi connectivity index (χ4n) is 3.21. The van der Waals surface area contributed by atoms with E-state index in [1.807, 2.05) is 0 Å². The van der Waals surface area contributed by atoms with Crippen molar-refractivity contribution in [1.29, 1.82) is 0 Å². The molecule has 0 bridgehead atoms. The van der Waals surface area contributed by atoms with E-state index in [1.54, 1.807) is 31.2 Å². The number of nitrogens with one attached hydrogen (secondary N) is 1. The van der Waals surface area contributed by atoms with Gasteiger partial charge in [0, 0.05) is 6.54 Å². The predicted molar refractivity (Wildman–Crippen MR) is 102 cm³/mol. The molecule has 2 aromatic rings. The number of sulfonamides is 1. The number of alkyl halides is 3. The Labute approximate surface area is 167 Å². The molecule has 0 spiro atoms. The largest absolute Gasteiger partial charge is 0.416 e. The molecule has 1 saturated carbocycles. The highest BCUT2D eigenvalue weighted by molar-refractivity contribution is 7.92. The van der Waals surface area contributed by atoms with Gasteiger partial charge in [-0.05, 0) is 67.6 Å². The zero-order valence-corrected chi connectivity index (χ0v) is 17.1. The lowest BCUT2D eigenvalue weighted by Crippen LogP contribution is -2.42. The Morgan fingerprint density at radius 3 is 2.14 bits per heavy atom. The van der Waals surface area contributed by atoms with Crippen LogP contribution in [0.4, 0.5) is 13.2 Å². The third kappa shape index (κ3) is 4.81. The van der Waals surface area contributed by atoms with E-state index in [1.165, 1.54) is 0 Å². The van der Waals surface area contributed by atoms with E-state index in [0.29, 0.717) is 25.0 Å². The molecule has 5 nitrogen and oxygen atoms in total. The SMILES string of the molecule is Cc1cccc(S(=O)(=O)C2CC(CNS(=O)(=O)c3ccc(C(F)(F)F)cc3)C2)c1. The molecule has 3 rings (SSSR count). The van der Waals surface area contributed by atoms with E-state index in [0.717, 1.165) is 17.7 Å². The number of aryl methyl sites for hydroxylation is 1. The minimum atomic E-state index is -4.54. The second-order valence-electron chi connectivity index (χ2n) is 7.19. The van der Waals surface area contributed by atoms with Crippen molar-refractivity contribution in [3.8, 4) is 0 Å². The minimum Gasteiger partial charge on any atom is -0.223 e. The van der Waals surface area contributed by atoms with Crippen LogP contribution in [0.15, 0.2) is 58.3 Å². The summed E-state index contributed by atoms with van der Waals surface area (Å²) in [5.41, 5.74) is -0.0918. The molecule has 0 unspecified atom stereocenters. The maximum atomic E-state index is 12.6. The molecule has 0 atom stereocenters. The highest BCUT2D eigenvalue weighted by atomic mass is 32.2. The molecule has 0 saturated heterocycles. The summed E-state index contributed by atoms with van der Waals surface area (Å²) in [5.74, 6) is -0.149. The summed E-state index contributed by atoms with van der Waals surface area (Å²) in [4.78, 5) is -0.0139. The van der Waals surface area contributed by atoms with Crippen LogP contribution in [-0.4, -0.2) is 28.6 Å². The van der Waals surface area contributed by atoms with Crippen LogP contribution in [0, 0.1) is 12.8 Å². The van der Waals surface area contributed by atoms with E-state index in [2.05, 4.69) is 4.72 Å². The molecule has 1 fully saturated rings. The van der Waals surface area contributed by atoms with E-state index in [-0.39, 0.29) is 22.3 Å². The van der Waals surface area contributed by atoms with Crippen molar-refractivity contribution < 1.29 is 30.0 Å². The third-order valence-electron chi connectivity index (χ3n) is 5.00. The minimum absolute atomic E-state index is 0.0309. The Morgan fingerprint density at radius 2 is 1.59 bits per heavy atom. The molecule has 0 aliphatic heterocycles. The summed E-state index contributed by atoms with van der Waals surface area (Å²) in [6, 6.07) is 9.85. The number of rotatable bonds is 6. The molecule has 158 valence electrons. The predicted octanol–water partition coefficient (Wildman–Crippen LogP) is 3.54. The Bertz CT molecular complexity index is 1090. The van der Waals surface area contributed by atoms with E-state index in [4.69, 9.17) is 0 Å². The summed E-state index contributed by atoms with van der Waals surface area (Å²) in [5, 5.41) is -0.565. The summed E-state index contributed by atoms with van der Waals surface area (Å²) < 4.78 is 89.9. The van der Waals surface area contributed by atoms with Gasteiger partial charge in [-0.3, -0.25) is 0 Å². The van der Waals surface area contributed by atoms with Crippen molar-refractivity contribution in [2.24, 2.45) is 5.92 Å². The molecule has 1 N–H and O–H groups in total. The van der Waals surface area contributed by atoms with Crippen LogP contribution in [0.1, 0.15) is 24.0 Å². The molecule has 2 aromatic carbocycles. The third-order valence-corrected chi connectivity index (χ3v) is 8.62. The maximum absolute atomic E-state index is 12.6. The van der Waals surface area contributed by atoms with Gasteiger partial charge in [0.1, 0.15) is 0 Å². The quantitative estimate of drug-likeness (QED) is 0.735. The first-order chi connectivity index (χ1) is 13.4. The monoisotopic (exact) mass is 447 g/mol. The fraction of sp³-hybridized carbons (Fsp3) is 0.368. The van der Waals surface area contributed by atoms with Crippen molar-refractivity contribution in [3.05, 3.63) is 59.7 Å². The van der Waals surface area contributed by atoms with Gasteiger partial charge in [0.05, 0.1) is 20.6 Å². The van der Waals surface area contributed by atoms with Crippen molar-refractivity contribution in [1.82, 2.24) is 4.72 Å². The van der Waals surface area contributed by atoms with Gasteiger partial charge in [-0.1, -0.05) is 12.1 Å². The van der Waals surface area contributed by atoms with Crippen LogP contribution in [0.5, 0.6) is 0 Å². The van der Waals surface area contributed by atoms with Gasteiger partial charge in [0.25, 0.3) is 0 Å². The van der Waals surface area contributed by atoms with Crippen molar-refractivity contribution in [2.45, 2.75) is 41.0 Å². The molecule has 0 heterocycles. The molecule has 1 aliphatic carbocycles. The molecular weight excluding hydrogens is 427 g/mol. The molecular formula is C19H20F3NO4S2. The lowest BCUT2D eigenvalue weighted by Gasteiger charge is -2.34. The first kappa shape index (κ1) is 21.8. The van der Waals surface area contributed by atoms with Crippen LogP contribution in [0.3, 0.4) is 0 Å². The summed E-state index contributed by atoms with van der Waals surface area (Å²) in [6.07, 6.45) is -3.89. The second kappa shape index (κ2) is 7.73. The van der Waals surface area contributed by atoms with Crippen molar-refractivity contribution in [3.63, 3.8) is 0 Å². The van der Waals surface area contributed by atoms with E-state index in [9.17, 15) is 30.0 Å². The van der Waals surface area contributed by atoms with Crippen molar-refractivity contribution in [2.75, 3.05) is 6.54 Å². The van der Waals surface area contributed by atoms with Crippen LogP contribution in [0.25, 0.3) is 0 Å². The summed E-state index contributed by atoms with van der Waals surface area (Å²) >= 11 is 0. The van der Waals surface area contributed by atoms with Crippen molar-refractivity contribution >= 4 is 19.9 Å². The van der Waals surface area contributed by atoms with Crippen LogP contribution in [0.2, 0.25) is 0 Å². The number of hydrogen-bond acceptors (Lipinski definition) is 4. The lowest BCUT2D eigenvalue weighted by molar-refractivity contribution is -0.137. The zero-order chi connectivity index (χ0) is 21.4. The second-order valence-corrected chi connectivity index (χ2v) is 11.2. The molecule has 29 heavy (non-hydrogen) atoms. The topological polar surface area (TPSA) is 80.3 Å². The molecule has 1 aliphatic rings. The van der Waals surface area contributed by atoms with Gasteiger partial charge in [-0.2, -0.15) is 13.2 Å². The molecule has 0 aromatic heterocycles. The normalized spacial score (nSPS) is 20.3. The summed E-state index contributed by atoms with van der Waals surface area (Å²) in [7, 11) is -7.44. The highest BCUT2D eigenvalue weighted by Gasteiger charge is 2.40. The lowest BCUT2D eigenvalue weighted by atomic mass is 9.85. The van der Waals surface area contributed by atoms with Gasteiger partial charge in [0.2, 0.25) is 10.0 Å². The molecule has 0 amide bonds. The first-order valence-corrected chi connectivity index (χ1v) is 11.9. The Morgan fingerprint density at radius 1 is 0.966 bits per heavy atom. The van der Waals surface area contributed by atoms with Crippen LogP contribution >= 0.6 is 0 Å². The maximum Gasteiger partial charge on any atom is 0.416 e. The number of benzene rings is 2. The number of sulfone groups is 1. The van der Waals surface area contributed by atoms with Gasteiger partial charge >= 0.3 is 6.18 Å². The van der Waals surface area contributed by atoms with Crippen LogP contribution < -0.4 is 4.72 Å². The average molecular weight is 448 g/mol. The summed E-state index contributed by atoms with van der Waals surface area (Å²) in [6.45, 7) is 1.84. The Hall–Kier alpha value is -1.91. The average Bonchev–Trinajstić information content (AvgIpc) is 2.59. The number of halogens is 3. The van der Waals surface area contributed by atoms with E-state index >= 15 is 0 Å². The zero-order valence-electron chi connectivity index (χ0n) is 15.5. The first-order valence-electron chi connectivity index (χ1n) is 8.87. The molecule has 0 radical (unpaired) electrons. The van der Waals surface area contributed by atoms with Gasteiger partial charge in [-0.25, -0.2) is 21.6 Å². The fourth-order valence-corrected chi connectivity index (χ4v) is 6.38. The smallest absolute Gasteiger partial charge is 0.223 e. The highest BCUT2D eigenvalue weighted by Crippen LogP contribution is 2.36.